The maximum absolute atomic E-state index is 12.2. The van der Waals surface area contributed by atoms with Gasteiger partial charge in [0, 0.05) is 17.4 Å². The lowest BCUT2D eigenvalue weighted by molar-refractivity contribution is -0.130. The van der Waals surface area contributed by atoms with Crippen molar-refractivity contribution in [2.45, 2.75) is 44.6 Å². The Morgan fingerprint density at radius 3 is 2.38 bits per heavy atom. The van der Waals surface area contributed by atoms with E-state index < -0.39 is 11.9 Å². The second kappa shape index (κ2) is 7.46. The first-order valence-corrected chi connectivity index (χ1v) is 7.78. The highest BCUT2D eigenvalue weighted by Crippen LogP contribution is 2.23. The molecule has 2 rings (SSSR count). The van der Waals surface area contributed by atoms with Crippen molar-refractivity contribution >= 4 is 23.4 Å². The second-order valence-corrected chi connectivity index (χ2v) is 6.07. The summed E-state index contributed by atoms with van der Waals surface area (Å²) in [5, 5.41) is 3.44. The highest BCUT2D eigenvalue weighted by molar-refractivity contribution is 6.30. The van der Waals surface area contributed by atoms with Crippen LogP contribution in [0.3, 0.4) is 0 Å². The monoisotopic (exact) mass is 308 g/mol. The van der Waals surface area contributed by atoms with Crippen molar-refractivity contribution in [3.05, 3.63) is 34.9 Å². The average molecular weight is 309 g/mol. The summed E-state index contributed by atoms with van der Waals surface area (Å²) in [6, 6.07) is 6.53. The highest BCUT2D eigenvalue weighted by Gasteiger charge is 2.25. The zero-order valence-electron chi connectivity index (χ0n) is 12.0. The number of primary amides is 1. The van der Waals surface area contributed by atoms with E-state index in [4.69, 9.17) is 17.3 Å². The molecule has 1 aliphatic carbocycles. The van der Waals surface area contributed by atoms with Gasteiger partial charge in [0.05, 0.1) is 0 Å². The molecular weight excluding hydrogens is 288 g/mol. The lowest BCUT2D eigenvalue weighted by atomic mass is 9.88. The largest absolute Gasteiger partial charge is 0.368 e. The molecule has 3 N–H and O–H groups in total. The van der Waals surface area contributed by atoms with Crippen molar-refractivity contribution in [1.82, 2.24) is 5.32 Å². The van der Waals surface area contributed by atoms with Gasteiger partial charge in [-0.25, -0.2) is 0 Å². The van der Waals surface area contributed by atoms with Gasteiger partial charge in [-0.05, 0) is 30.5 Å². The summed E-state index contributed by atoms with van der Waals surface area (Å²) in [5.74, 6) is -0.535. The maximum Gasteiger partial charge on any atom is 0.240 e. The van der Waals surface area contributed by atoms with Gasteiger partial charge in [-0.2, -0.15) is 0 Å². The lowest BCUT2D eigenvalue weighted by Gasteiger charge is -2.23. The zero-order chi connectivity index (χ0) is 15.2. The lowest BCUT2D eigenvalue weighted by Crippen LogP contribution is -2.48. The van der Waals surface area contributed by atoms with Crippen molar-refractivity contribution < 1.29 is 9.59 Å². The summed E-state index contributed by atoms with van der Waals surface area (Å²) in [7, 11) is 0. The summed E-state index contributed by atoms with van der Waals surface area (Å²) in [5.41, 5.74) is 6.34. The summed E-state index contributed by atoms with van der Waals surface area (Å²) in [6.07, 6.45) is 5.54. The molecule has 21 heavy (non-hydrogen) atoms. The van der Waals surface area contributed by atoms with E-state index in [0.29, 0.717) is 11.4 Å². The zero-order valence-corrected chi connectivity index (χ0v) is 12.7. The first-order chi connectivity index (χ1) is 10.1. The third-order valence-electron chi connectivity index (χ3n) is 3.99. The molecule has 0 radical (unpaired) electrons. The van der Waals surface area contributed by atoms with Crippen LogP contribution >= 0.6 is 11.6 Å². The van der Waals surface area contributed by atoms with Crippen LogP contribution in [0.15, 0.2) is 24.3 Å². The minimum absolute atomic E-state index is 0.0193. The quantitative estimate of drug-likeness (QED) is 0.877. The molecular formula is C16H21ClN2O2. The highest BCUT2D eigenvalue weighted by atomic mass is 35.5. The number of rotatable bonds is 5. The van der Waals surface area contributed by atoms with Gasteiger partial charge in [0.1, 0.15) is 6.04 Å². The van der Waals surface area contributed by atoms with E-state index in [1.165, 1.54) is 6.42 Å². The SMILES string of the molecule is NC(=O)[C@H](Cc1ccc(Cl)cc1)NC(=O)C1CCCCC1. The Morgan fingerprint density at radius 1 is 1.19 bits per heavy atom. The van der Waals surface area contributed by atoms with Gasteiger partial charge < -0.3 is 11.1 Å². The third kappa shape index (κ3) is 4.74. The van der Waals surface area contributed by atoms with Gasteiger partial charge in [-0.3, -0.25) is 9.59 Å². The predicted molar refractivity (Wildman–Crippen MR) is 82.9 cm³/mol. The molecule has 114 valence electrons. The minimum atomic E-state index is -0.666. The van der Waals surface area contributed by atoms with E-state index >= 15 is 0 Å². The van der Waals surface area contributed by atoms with Crippen molar-refractivity contribution in [1.29, 1.82) is 0 Å². The number of hydrogen-bond acceptors (Lipinski definition) is 2. The van der Waals surface area contributed by atoms with Crippen molar-refractivity contribution in [2.24, 2.45) is 11.7 Å². The molecule has 0 unspecified atom stereocenters. The topological polar surface area (TPSA) is 72.2 Å². The molecule has 0 heterocycles. The summed E-state index contributed by atoms with van der Waals surface area (Å²) >= 11 is 5.84. The first kappa shape index (κ1) is 15.8. The van der Waals surface area contributed by atoms with Crippen LogP contribution in [0, 0.1) is 5.92 Å². The molecule has 1 aromatic carbocycles. The number of benzene rings is 1. The number of nitrogens with two attached hydrogens (primary N) is 1. The fraction of sp³-hybridized carbons (Fsp3) is 0.500. The molecule has 2 amide bonds. The normalized spacial score (nSPS) is 17.2. The van der Waals surface area contributed by atoms with Gasteiger partial charge in [0.2, 0.25) is 11.8 Å². The van der Waals surface area contributed by atoms with E-state index in [1.807, 2.05) is 12.1 Å². The fourth-order valence-electron chi connectivity index (χ4n) is 2.73. The van der Waals surface area contributed by atoms with Crippen LogP contribution in [0.5, 0.6) is 0 Å². The van der Waals surface area contributed by atoms with Gasteiger partial charge in [0.25, 0.3) is 0 Å². The Hall–Kier alpha value is -1.55. The van der Waals surface area contributed by atoms with Crippen molar-refractivity contribution in [2.75, 3.05) is 0 Å². The second-order valence-electron chi connectivity index (χ2n) is 5.63. The summed E-state index contributed by atoms with van der Waals surface area (Å²) in [4.78, 5) is 23.8. The molecule has 0 bridgehead atoms. The smallest absolute Gasteiger partial charge is 0.240 e. The standard InChI is InChI=1S/C16H21ClN2O2/c17-13-8-6-11(7-9-13)10-14(15(18)20)19-16(21)12-4-2-1-3-5-12/h6-9,12,14H,1-5,10H2,(H2,18,20)(H,19,21)/t14-/m0/s1. The molecule has 1 aliphatic rings. The third-order valence-corrected chi connectivity index (χ3v) is 4.24. The molecule has 5 heteroatoms. The molecule has 1 aromatic rings. The van der Waals surface area contributed by atoms with Crippen LogP contribution in [0.25, 0.3) is 0 Å². The first-order valence-electron chi connectivity index (χ1n) is 7.40. The Morgan fingerprint density at radius 2 is 1.81 bits per heavy atom. The predicted octanol–water partition coefficient (Wildman–Crippen LogP) is 2.43. The van der Waals surface area contributed by atoms with E-state index in [-0.39, 0.29) is 11.8 Å². The fourth-order valence-corrected chi connectivity index (χ4v) is 2.86. The Kier molecular flexibility index (Phi) is 5.62. The van der Waals surface area contributed by atoms with E-state index in [2.05, 4.69) is 5.32 Å². The van der Waals surface area contributed by atoms with Crippen molar-refractivity contribution in [3.63, 3.8) is 0 Å². The van der Waals surface area contributed by atoms with E-state index in [9.17, 15) is 9.59 Å². The van der Waals surface area contributed by atoms with Crippen LogP contribution in [0.2, 0.25) is 5.02 Å². The summed E-state index contributed by atoms with van der Waals surface area (Å²) < 4.78 is 0. The van der Waals surface area contributed by atoms with Crippen LogP contribution in [-0.2, 0) is 16.0 Å². The van der Waals surface area contributed by atoms with Crippen LogP contribution < -0.4 is 11.1 Å². The number of amides is 2. The van der Waals surface area contributed by atoms with E-state index in [0.717, 1.165) is 31.2 Å². The van der Waals surface area contributed by atoms with Gasteiger partial charge >= 0.3 is 0 Å². The molecule has 1 saturated carbocycles. The molecule has 0 aliphatic heterocycles. The Balaban J connectivity index is 1.96. The summed E-state index contributed by atoms with van der Waals surface area (Å²) in [6.45, 7) is 0. The number of carbonyl (C=O) groups excluding carboxylic acids is 2. The van der Waals surface area contributed by atoms with Crippen LogP contribution in [0.4, 0.5) is 0 Å². The number of carbonyl (C=O) groups is 2. The van der Waals surface area contributed by atoms with Gasteiger partial charge in [-0.15, -0.1) is 0 Å². The Bertz CT molecular complexity index is 496. The number of halogens is 1. The molecule has 0 saturated heterocycles. The molecule has 1 fully saturated rings. The maximum atomic E-state index is 12.2. The minimum Gasteiger partial charge on any atom is -0.368 e. The van der Waals surface area contributed by atoms with Crippen LogP contribution in [-0.4, -0.2) is 17.9 Å². The molecule has 4 nitrogen and oxygen atoms in total. The van der Waals surface area contributed by atoms with Gasteiger partial charge in [0.15, 0.2) is 0 Å². The molecule has 0 spiro atoms. The van der Waals surface area contributed by atoms with E-state index in [1.54, 1.807) is 12.1 Å². The average Bonchev–Trinajstić information content (AvgIpc) is 2.49. The Labute approximate surface area is 130 Å². The van der Waals surface area contributed by atoms with Gasteiger partial charge in [-0.1, -0.05) is 43.0 Å². The number of nitrogens with one attached hydrogen (secondary N) is 1. The molecule has 1 atom stereocenters. The van der Waals surface area contributed by atoms with Crippen molar-refractivity contribution in [3.8, 4) is 0 Å². The molecule has 0 aromatic heterocycles. The number of hydrogen-bond donors (Lipinski definition) is 2. The van der Waals surface area contributed by atoms with Crippen LogP contribution in [0.1, 0.15) is 37.7 Å².